The van der Waals surface area contributed by atoms with Crippen LogP contribution in [0.5, 0.6) is 0 Å². The molecule has 0 aliphatic rings. The van der Waals surface area contributed by atoms with E-state index in [2.05, 4.69) is 31.9 Å². The predicted octanol–water partition coefficient (Wildman–Crippen LogP) is 2.68. The third-order valence-electron chi connectivity index (χ3n) is 2.23. The minimum atomic E-state index is -1.15. The molecule has 1 rings (SSSR count). The predicted molar refractivity (Wildman–Crippen MR) is 69.1 cm³/mol. The van der Waals surface area contributed by atoms with Gasteiger partial charge in [0.1, 0.15) is 6.10 Å². The van der Waals surface area contributed by atoms with Crippen LogP contribution < -0.4 is 0 Å². The molecule has 0 aromatic heterocycles. The first-order valence-corrected chi connectivity index (χ1v) is 6.44. The maximum atomic E-state index is 10.5. The maximum absolute atomic E-state index is 10.5. The summed E-state index contributed by atoms with van der Waals surface area (Å²) in [6.45, 7) is 0. The van der Waals surface area contributed by atoms with Crippen LogP contribution in [0.25, 0.3) is 0 Å². The van der Waals surface area contributed by atoms with Crippen LogP contribution in [-0.2, 0) is 0 Å². The average Bonchev–Trinajstić information content (AvgIpc) is 2.37. The number of alkyl halides is 2. The lowest BCUT2D eigenvalue weighted by Gasteiger charge is -2.23. The van der Waals surface area contributed by atoms with E-state index in [1.165, 1.54) is 24.3 Å². The Morgan fingerprint density at radius 2 is 2.06 bits per heavy atom. The number of halogens is 2. The van der Waals surface area contributed by atoms with Crippen LogP contribution in [0.15, 0.2) is 24.3 Å². The van der Waals surface area contributed by atoms with E-state index in [0.29, 0.717) is 5.56 Å². The van der Waals surface area contributed by atoms with Gasteiger partial charge in [0.2, 0.25) is 0 Å². The lowest BCUT2D eigenvalue weighted by atomic mass is 9.98. The molecule has 0 amide bonds. The van der Waals surface area contributed by atoms with E-state index < -0.39 is 15.4 Å². The molecule has 0 heterocycles. The molecule has 90 valence electrons. The second kappa shape index (κ2) is 5.58. The summed E-state index contributed by atoms with van der Waals surface area (Å²) < 4.78 is -1.15. The number of benzene rings is 1. The van der Waals surface area contributed by atoms with Gasteiger partial charge in [-0.1, -0.05) is 31.9 Å². The number of rotatable bonds is 4. The Balaban J connectivity index is 3.02. The zero-order valence-corrected chi connectivity index (χ0v) is 11.7. The lowest BCUT2D eigenvalue weighted by molar-refractivity contribution is -0.384. The Kier molecular flexibility index (Phi) is 4.62. The van der Waals surface area contributed by atoms with Crippen molar-refractivity contribution < 1.29 is 10.0 Å². The van der Waals surface area contributed by atoms with Gasteiger partial charge < -0.3 is 5.11 Å². The molecule has 0 fully saturated rings. The second-order valence-electron chi connectivity index (χ2n) is 3.36. The zero-order valence-electron chi connectivity index (χ0n) is 8.51. The third kappa shape index (κ3) is 3.03. The van der Waals surface area contributed by atoms with E-state index in [-0.39, 0.29) is 11.0 Å². The summed E-state index contributed by atoms with van der Waals surface area (Å²) in [5, 5.41) is 29.7. The highest BCUT2D eigenvalue weighted by Gasteiger charge is 2.35. The Bertz CT molecular complexity index is 458. The van der Waals surface area contributed by atoms with E-state index in [4.69, 9.17) is 5.26 Å². The van der Waals surface area contributed by atoms with E-state index in [0.717, 1.165) is 0 Å². The fourth-order valence-corrected chi connectivity index (χ4v) is 1.90. The van der Waals surface area contributed by atoms with Crippen molar-refractivity contribution in [3.05, 3.63) is 39.9 Å². The molecular formula is C10H8Br2N2O3. The highest BCUT2D eigenvalue weighted by atomic mass is 79.9. The van der Waals surface area contributed by atoms with Gasteiger partial charge in [-0.25, -0.2) is 0 Å². The van der Waals surface area contributed by atoms with Gasteiger partial charge >= 0.3 is 0 Å². The topological polar surface area (TPSA) is 87.2 Å². The highest BCUT2D eigenvalue weighted by molar-refractivity contribution is 9.12. The van der Waals surface area contributed by atoms with Crippen LogP contribution in [0.1, 0.15) is 11.7 Å². The van der Waals surface area contributed by atoms with Crippen molar-refractivity contribution in [1.82, 2.24) is 0 Å². The molecule has 0 aliphatic carbocycles. The fraction of sp³-hybridized carbons (Fsp3) is 0.300. The van der Waals surface area contributed by atoms with Crippen molar-refractivity contribution in [1.29, 1.82) is 5.26 Å². The first-order chi connectivity index (χ1) is 7.94. The SMILES string of the molecule is N#CC(Br)(CBr)C(O)c1ccc([N+](=O)[O-])cc1. The average molecular weight is 364 g/mol. The number of non-ortho nitro benzene ring substituents is 1. The lowest BCUT2D eigenvalue weighted by Crippen LogP contribution is -2.29. The summed E-state index contributed by atoms with van der Waals surface area (Å²) in [7, 11) is 0. The van der Waals surface area contributed by atoms with Crippen molar-refractivity contribution in [3.63, 3.8) is 0 Å². The number of hydrogen-bond donors (Lipinski definition) is 1. The van der Waals surface area contributed by atoms with E-state index in [9.17, 15) is 15.2 Å². The molecule has 0 aliphatic heterocycles. The number of nitro benzene ring substituents is 1. The molecular weight excluding hydrogens is 356 g/mol. The van der Waals surface area contributed by atoms with Crippen molar-refractivity contribution in [3.8, 4) is 6.07 Å². The maximum Gasteiger partial charge on any atom is 0.269 e. The van der Waals surface area contributed by atoms with Crippen molar-refractivity contribution >= 4 is 37.5 Å². The fourth-order valence-electron chi connectivity index (χ4n) is 1.21. The third-order valence-corrected chi connectivity index (χ3v) is 4.76. The summed E-state index contributed by atoms with van der Waals surface area (Å²) in [5.74, 6) is 0. The molecule has 2 atom stereocenters. The molecule has 0 spiro atoms. The van der Waals surface area contributed by atoms with E-state index in [1.807, 2.05) is 6.07 Å². The molecule has 0 radical (unpaired) electrons. The van der Waals surface area contributed by atoms with E-state index >= 15 is 0 Å². The van der Waals surface area contributed by atoms with Crippen LogP contribution in [0, 0.1) is 21.4 Å². The Morgan fingerprint density at radius 3 is 2.41 bits per heavy atom. The number of aliphatic hydroxyl groups is 1. The van der Waals surface area contributed by atoms with Crippen molar-refractivity contribution in [2.75, 3.05) is 5.33 Å². The first kappa shape index (κ1) is 14.1. The number of nitro groups is 1. The molecule has 1 aromatic carbocycles. The largest absolute Gasteiger partial charge is 0.386 e. The van der Waals surface area contributed by atoms with Gasteiger partial charge in [0, 0.05) is 17.5 Å². The normalized spacial score (nSPS) is 15.6. The first-order valence-electron chi connectivity index (χ1n) is 4.53. The van der Waals surface area contributed by atoms with Gasteiger partial charge in [-0.05, 0) is 17.7 Å². The molecule has 1 N–H and O–H groups in total. The summed E-state index contributed by atoms with van der Waals surface area (Å²) in [6, 6.07) is 7.39. The molecule has 17 heavy (non-hydrogen) atoms. The molecule has 0 bridgehead atoms. The quantitative estimate of drug-likeness (QED) is 0.506. The summed E-state index contributed by atoms with van der Waals surface area (Å²) in [6.07, 6.45) is -1.08. The molecule has 0 saturated carbocycles. The molecule has 2 unspecified atom stereocenters. The van der Waals surface area contributed by atoms with Gasteiger partial charge in [0.25, 0.3) is 5.69 Å². The molecule has 7 heteroatoms. The van der Waals surface area contributed by atoms with Gasteiger partial charge in [0.05, 0.1) is 11.0 Å². The summed E-state index contributed by atoms with van der Waals surface area (Å²) in [4.78, 5) is 9.94. The van der Waals surface area contributed by atoms with Crippen LogP contribution >= 0.6 is 31.9 Å². The van der Waals surface area contributed by atoms with Crippen LogP contribution in [0.3, 0.4) is 0 Å². The number of hydrogen-bond acceptors (Lipinski definition) is 4. The monoisotopic (exact) mass is 362 g/mol. The Hall–Kier alpha value is -0.970. The van der Waals surface area contributed by atoms with Crippen LogP contribution in [0.2, 0.25) is 0 Å². The summed E-state index contributed by atoms with van der Waals surface area (Å²) in [5.41, 5.74) is 0.380. The van der Waals surface area contributed by atoms with Crippen LogP contribution in [-0.4, -0.2) is 19.7 Å². The molecule has 1 aromatic rings. The van der Waals surface area contributed by atoms with Gasteiger partial charge in [0.15, 0.2) is 4.32 Å². The number of nitriles is 1. The van der Waals surface area contributed by atoms with Crippen molar-refractivity contribution in [2.45, 2.75) is 10.4 Å². The highest BCUT2D eigenvalue weighted by Crippen LogP contribution is 2.35. The Morgan fingerprint density at radius 1 is 1.53 bits per heavy atom. The van der Waals surface area contributed by atoms with Gasteiger partial charge in [-0.3, -0.25) is 10.1 Å². The molecule has 0 saturated heterocycles. The smallest absolute Gasteiger partial charge is 0.269 e. The Labute approximate surface area is 114 Å². The van der Waals surface area contributed by atoms with E-state index in [1.54, 1.807) is 0 Å². The number of nitrogens with zero attached hydrogens (tertiary/aromatic N) is 2. The minimum absolute atomic E-state index is 0.0584. The minimum Gasteiger partial charge on any atom is -0.386 e. The van der Waals surface area contributed by atoms with Crippen LogP contribution in [0.4, 0.5) is 5.69 Å². The van der Waals surface area contributed by atoms with Gasteiger partial charge in [-0.2, -0.15) is 5.26 Å². The zero-order chi connectivity index (χ0) is 13.1. The second-order valence-corrected chi connectivity index (χ2v) is 5.33. The van der Waals surface area contributed by atoms with Gasteiger partial charge in [-0.15, -0.1) is 0 Å². The molecule has 5 nitrogen and oxygen atoms in total. The van der Waals surface area contributed by atoms with Crippen molar-refractivity contribution in [2.24, 2.45) is 0 Å². The standard InChI is InChI=1S/C10H8Br2N2O3/c11-5-10(12,6-13)9(15)7-1-3-8(4-2-7)14(16)17/h1-4,9,15H,5H2. The number of aliphatic hydroxyl groups excluding tert-OH is 1. The summed E-state index contributed by atoms with van der Waals surface area (Å²) >= 11 is 6.27.